The summed E-state index contributed by atoms with van der Waals surface area (Å²) in [5, 5.41) is 12.5. The molecule has 0 radical (unpaired) electrons. The fourth-order valence-corrected chi connectivity index (χ4v) is 2.70. The van der Waals surface area contributed by atoms with Crippen molar-refractivity contribution in [3.63, 3.8) is 0 Å². The van der Waals surface area contributed by atoms with E-state index in [2.05, 4.69) is 15.0 Å². The summed E-state index contributed by atoms with van der Waals surface area (Å²) in [5.41, 5.74) is -2.41. The van der Waals surface area contributed by atoms with Crippen LogP contribution in [0.5, 0.6) is 11.5 Å². The van der Waals surface area contributed by atoms with Crippen LogP contribution in [0.1, 0.15) is 11.1 Å². The largest absolute Gasteiger partial charge is 0.455 e. The van der Waals surface area contributed by atoms with Gasteiger partial charge < -0.3 is 9.47 Å². The van der Waals surface area contributed by atoms with Gasteiger partial charge in [0.05, 0.1) is 16.2 Å². The smallest absolute Gasteiger partial charge is 0.416 e. The summed E-state index contributed by atoms with van der Waals surface area (Å²) >= 11 is 0. The van der Waals surface area contributed by atoms with Gasteiger partial charge >= 0.3 is 12.4 Å². The average Bonchev–Trinajstić information content (AvgIpc) is 2.76. The zero-order valence-electron chi connectivity index (χ0n) is 16.6. The van der Waals surface area contributed by atoms with Crippen molar-refractivity contribution in [1.29, 1.82) is 5.26 Å². The van der Waals surface area contributed by atoms with Crippen LogP contribution in [0.4, 0.5) is 26.3 Å². The summed E-state index contributed by atoms with van der Waals surface area (Å²) in [4.78, 5) is 6.36. The molecule has 0 aromatic heterocycles. The molecular weight excluding hydrogens is 466 g/mol. The van der Waals surface area contributed by atoms with E-state index in [1.54, 1.807) is 0 Å². The summed E-state index contributed by atoms with van der Waals surface area (Å²) in [7, 11) is 0. The normalized spacial score (nSPS) is 16.4. The van der Waals surface area contributed by atoms with Crippen molar-refractivity contribution in [2.75, 3.05) is 0 Å². The minimum absolute atomic E-state index is 0.216. The first-order valence-corrected chi connectivity index (χ1v) is 9.07. The van der Waals surface area contributed by atoms with Gasteiger partial charge in [0.2, 0.25) is 6.19 Å². The van der Waals surface area contributed by atoms with Gasteiger partial charge in [0.25, 0.3) is 0 Å². The highest BCUT2D eigenvalue weighted by Crippen LogP contribution is 2.33. The second kappa shape index (κ2) is 9.50. The topological polar surface area (TPSA) is 71.3 Å². The fraction of sp³-hybridized carbons (Fsp3) is 0.0909. The maximum atomic E-state index is 13.0. The highest BCUT2D eigenvalue weighted by Gasteiger charge is 2.32. The summed E-state index contributed by atoms with van der Waals surface area (Å²) in [6.45, 7) is 6.97. The number of alkyl halides is 6. The molecule has 0 saturated carbocycles. The number of halogens is 6. The summed E-state index contributed by atoms with van der Waals surface area (Å²) in [6.07, 6.45) is -5.64. The Morgan fingerprint density at radius 3 is 1.71 bits per heavy atom. The van der Waals surface area contributed by atoms with Crippen molar-refractivity contribution >= 4 is 11.4 Å². The van der Waals surface area contributed by atoms with E-state index in [0.717, 1.165) is 48.6 Å². The molecular formula is C22H10F6N4O2. The van der Waals surface area contributed by atoms with E-state index in [0.29, 0.717) is 0 Å². The van der Waals surface area contributed by atoms with Crippen LogP contribution in [-0.2, 0) is 12.4 Å². The van der Waals surface area contributed by atoms with Crippen molar-refractivity contribution in [3.8, 4) is 17.7 Å². The van der Waals surface area contributed by atoms with E-state index in [4.69, 9.17) is 21.3 Å². The fourth-order valence-electron chi connectivity index (χ4n) is 2.70. The number of ether oxygens (including phenoxy) is 2. The SMILES string of the molecule is [C-]#[N+]N=C1C=C(Oc2cccc(C(F)(F)F)c2)C(=NC#N)C=C1Oc1cccc(C(F)(F)F)c1. The van der Waals surface area contributed by atoms with Crippen LogP contribution < -0.4 is 9.47 Å². The van der Waals surface area contributed by atoms with Gasteiger partial charge in [0, 0.05) is 12.2 Å². The van der Waals surface area contributed by atoms with Gasteiger partial charge in [-0.3, -0.25) is 0 Å². The number of rotatable bonds is 4. The van der Waals surface area contributed by atoms with Crippen LogP contribution in [0.15, 0.2) is 82.3 Å². The number of nitriles is 1. The van der Waals surface area contributed by atoms with Crippen molar-refractivity contribution in [3.05, 3.63) is 94.9 Å². The van der Waals surface area contributed by atoms with Crippen molar-refractivity contribution in [2.45, 2.75) is 12.4 Å². The van der Waals surface area contributed by atoms with Gasteiger partial charge in [-0.05, 0) is 36.4 Å². The molecule has 34 heavy (non-hydrogen) atoms. The van der Waals surface area contributed by atoms with Gasteiger partial charge in [0.1, 0.15) is 17.2 Å². The standard InChI is InChI=1S/C22H10F6N4O2/c1-30-32-18-11-19(33-15-6-2-4-13(8-15)21(23,24)25)17(31-12-29)10-20(18)34-16-7-3-5-14(9-16)22(26,27)28/h2-11H. The van der Waals surface area contributed by atoms with Crippen molar-refractivity contribution in [2.24, 2.45) is 10.1 Å². The Labute approximate surface area is 188 Å². The molecule has 2 aromatic carbocycles. The molecule has 1 aliphatic rings. The monoisotopic (exact) mass is 476 g/mol. The van der Waals surface area contributed by atoms with Gasteiger partial charge in [-0.2, -0.15) is 43.2 Å². The molecule has 3 rings (SSSR count). The van der Waals surface area contributed by atoms with E-state index in [-0.39, 0.29) is 34.4 Å². The lowest BCUT2D eigenvalue weighted by atomic mass is 10.1. The summed E-state index contributed by atoms with van der Waals surface area (Å²) in [5.74, 6) is -0.962. The first kappa shape index (κ1) is 24.1. The van der Waals surface area contributed by atoms with Crippen LogP contribution in [-0.4, -0.2) is 11.4 Å². The summed E-state index contributed by atoms with van der Waals surface area (Å²) in [6, 6.07) is 7.77. The predicted molar refractivity (Wildman–Crippen MR) is 107 cm³/mol. The molecule has 0 unspecified atom stereocenters. The quantitative estimate of drug-likeness (QED) is 0.174. The van der Waals surface area contributed by atoms with Gasteiger partial charge in [-0.25, -0.2) is 0 Å². The van der Waals surface area contributed by atoms with E-state index < -0.39 is 23.5 Å². The number of nitrogens with zero attached hydrogens (tertiary/aromatic N) is 4. The van der Waals surface area contributed by atoms with Gasteiger partial charge in [-0.15, -0.1) is 4.95 Å². The lowest BCUT2D eigenvalue weighted by Crippen LogP contribution is -2.20. The Bertz CT molecular complexity index is 1210. The first-order valence-electron chi connectivity index (χ1n) is 9.07. The number of hydrogen-bond acceptors (Lipinski definition) is 5. The molecule has 6 nitrogen and oxygen atoms in total. The highest BCUT2D eigenvalue weighted by molar-refractivity contribution is 6.22. The maximum Gasteiger partial charge on any atom is 0.416 e. The molecule has 12 heteroatoms. The van der Waals surface area contributed by atoms with E-state index in [9.17, 15) is 26.3 Å². The minimum atomic E-state index is -4.63. The zero-order chi connectivity index (χ0) is 24.9. The van der Waals surface area contributed by atoms with E-state index >= 15 is 0 Å². The third-order valence-electron chi connectivity index (χ3n) is 4.15. The molecule has 0 spiro atoms. The number of hydrogen-bond donors (Lipinski definition) is 0. The van der Waals surface area contributed by atoms with E-state index in [1.807, 2.05) is 0 Å². The highest BCUT2D eigenvalue weighted by atomic mass is 19.4. The first-order chi connectivity index (χ1) is 16.0. The van der Waals surface area contributed by atoms with Crippen molar-refractivity contribution in [1.82, 2.24) is 0 Å². The maximum absolute atomic E-state index is 13.0. The Morgan fingerprint density at radius 1 is 0.794 bits per heavy atom. The van der Waals surface area contributed by atoms with Crippen LogP contribution in [0.3, 0.4) is 0 Å². The lowest BCUT2D eigenvalue weighted by Gasteiger charge is -2.17. The lowest BCUT2D eigenvalue weighted by molar-refractivity contribution is -0.138. The van der Waals surface area contributed by atoms with Gasteiger partial charge in [0.15, 0.2) is 17.2 Å². The van der Waals surface area contributed by atoms with Crippen LogP contribution in [0.2, 0.25) is 0 Å². The third-order valence-corrected chi connectivity index (χ3v) is 4.15. The van der Waals surface area contributed by atoms with Crippen LogP contribution >= 0.6 is 0 Å². The molecule has 0 fully saturated rings. The number of aliphatic imine (C=N–C) groups is 1. The van der Waals surface area contributed by atoms with Crippen molar-refractivity contribution < 1.29 is 35.8 Å². The molecule has 0 atom stereocenters. The van der Waals surface area contributed by atoms with Crippen LogP contribution in [0, 0.1) is 18.0 Å². The molecule has 1 aliphatic carbocycles. The minimum Gasteiger partial charge on any atom is -0.455 e. The number of allylic oxidation sites excluding steroid dienone is 2. The molecule has 0 heterocycles. The average molecular weight is 476 g/mol. The summed E-state index contributed by atoms with van der Waals surface area (Å²) < 4.78 is 88.8. The molecule has 0 saturated heterocycles. The number of benzene rings is 2. The van der Waals surface area contributed by atoms with Crippen LogP contribution in [0.25, 0.3) is 4.95 Å². The molecule has 0 amide bonds. The molecule has 172 valence electrons. The predicted octanol–water partition coefficient (Wildman–Crippen LogP) is 6.16. The second-order valence-corrected chi connectivity index (χ2v) is 6.45. The Kier molecular flexibility index (Phi) is 6.73. The molecule has 0 aliphatic heterocycles. The van der Waals surface area contributed by atoms with E-state index in [1.165, 1.54) is 18.3 Å². The third kappa shape index (κ3) is 5.81. The Morgan fingerprint density at radius 2 is 1.26 bits per heavy atom. The molecule has 0 N–H and O–H groups in total. The molecule has 2 aromatic rings. The zero-order valence-corrected chi connectivity index (χ0v) is 16.6. The Hall–Kier alpha value is -4.58. The second-order valence-electron chi connectivity index (χ2n) is 6.45. The molecule has 0 bridgehead atoms. The Balaban J connectivity index is 1.97. The van der Waals surface area contributed by atoms with Gasteiger partial charge in [-0.1, -0.05) is 12.1 Å².